The number of anilines is 1. The minimum atomic E-state index is -0.513. The Morgan fingerprint density at radius 1 is 1.05 bits per heavy atom. The Bertz CT molecular complexity index is 1470. The van der Waals surface area contributed by atoms with Crippen LogP contribution in [0.4, 0.5) is 10.5 Å². The molecule has 1 N–H and O–H groups in total. The van der Waals surface area contributed by atoms with E-state index >= 15 is 0 Å². The number of thiophene rings is 1. The second-order valence-corrected chi connectivity index (χ2v) is 11.6. The molecule has 5 rings (SSSR count). The number of carbonyl (C=O) groups is 2. The van der Waals surface area contributed by atoms with Crippen LogP contribution in [0.5, 0.6) is 11.5 Å². The third kappa shape index (κ3) is 6.54. The number of aromatic nitrogens is 1. The highest BCUT2D eigenvalue weighted by Crippen LogP contribution is 2.26. The maximum Gasteiger partial charge on any atom is 0.410 e. The first-order valence-corrected chi connectivity index (χ1v) is 13.8. The molecule has 1 aliphatic heterocycles. The number of rotatable bonds is 7. The minimum absolute atomic E-state index is 0.0750. The lowest BCUT2D eigenvalue weighted by molar-refractivity contribution is 0.0275. The molecule has 0 aliphatic carbocycles. The summed E-state index contributed by atoms with van der Waals surface area (Å²) < 4.78 is 20.5. The topological polar surface area (TPSA) is 82.0 Å². The van der Waals surface area contributed by atoms with E-state index in [9.17, 15) is 9.59 Å². The summed E-state index contributed by atoms with van der Waals surface area (Å²) in [6.07, 6.45) is 0.377. The van der Waals surface area contributed by atoms with Crippen molar-refractivity contribution in [1.82, 2.24) is 9.47 Å². The van der Waals surface area contributed by atoms with Gasteiger partial charge in [-0.15, -0.1) is 11.3 Å². The third-order valence-corrected chi connectivity index (χ3v) is 7.26. The van der Waals surface area contributed by atoms with Gasteiger partial charge in [0.25, 0.3) is 5.91 Å². The number of aryl methyl sites for hydroxylation is 1. The zero-order valence-electron chi connectivity index (χ0n) is 22.6. The molecule has 3 heterocycles. The molecule has 1 aliphatic rings. The van der Waals surface area contributed by atoms with Crippen molar-refractivity contribution in [2.75, 3.05) is 18.4 Å². The Morgan fingerprint density at radius 3 is 2.56 bits per heavy atom. The van der Waals surface area contributed by atoms with Gasteiger partial charge in [-0.2, -0.15) is 0 Å². The Morgan fingerprint density at radius 2 is 1.82 bits per heavy atom. The summed E-state index contributed by atoms with van der Waals surface area (Å²) >= 11 is 1.62. The molecule has 1 unspecified atom stereocenters. The van der Waals surface area contributed by atoms with E-state index in [0.717, 1.165) is 28.0 Å². The molecule has 2 aromatic heterocycles. The summed E-state index contributed by atoms with van der Waals surface area (Å²) in [4.78, 5) is 26.8. The Kier molecular flexibility index (Phi) is 7.52. The van der Waals surface area contributed by atoms with E-state index in [1.807, 2.05) is 98.4 Å². The van der Waals surface area contributed by atoms with Crippen molar-refractivity contribution in [1.29, 1.82) is 0 Å². The van der Waals surface area contributed by atoms with Crippen molar-refractivity contribution < 1.29 is 23.8 Å². The number of nitrogens with one attached hydrogen (secondary N) is 1. The number of likely N-dealkylation sites (tertiary alicyclic amines) is 1. The number of hydrogen-bond donors (Lipinski definition) is 1. The first kappa shape index (κ1) is 26.6. The quantitative estimate of drug-likeness (QED) is 0.287. The normalized spacial score (nSPS) is 15.4. The average molecular weight is 548 g/mol. The molecular formula is C30H33N3O5S. The molecule has 8 nitrogen and oxygen atoms in total. The zero-order chi connectivity index (χ0) is 27.6. The number of fused-ring (bicyclic) bond motifs is 1. The van der Waals surface area contributed by atoms with Gasteiger partial charge in [0.05, 0.1) is 16.8 Å². The molecule has 1 atom stereocenters. The monoisotopic (exact) mass is 547 g/mol. The third-order valence-electron chi connectivity index (χ3n) is 6.41. The predicted octanol–water partition coefficient (Wildman–Crippen LogP) is 6.46. The van der Waals surface area contributed by atoms with Crippen molar-refractivity contribution in [3.63, 3.8) is 0 Å². The maximum atomic E-state index is 12.9. The number of carbonyl (C=O) groups excluding carboxylic acids is 2. The van der Waals surface area contributed by atoms with Crippen molar-refractivity contribution in [3.05, 3.63) is 77.3 Å². The number of amides is 2. The molecule has 0 spiro atoms. The van der Waals surface area contributed by atoms with Gasteiger partial charge in [0.15, 0.2) is 0 Å². The Labute approximate surface area is 232 Å². The van der Waals surface area contributed by atoms with Crippen LogP contribution in [0, 0.1) is 0 Å². The van der Waals surface area contributed by atoms with Gasteiger partial charge in [-0.05, 0) is 80.2 Å². The second kappa shape index (κ2) is 11.0. The van der Waals surface area contributed by atoms with Crippen LogP contribution in [-0.2, 0) is 18.4 Å². The number of nitrogens with zero attached hydrogens (tertiary/aromatic N) is 2. The Balaban J connectivity index is 1.11. The van der Waals surface area contributed by atoms with Gasteiger partial charge in [0.1, 0.15) is 35.5 Å². The van der Waals surface area contributed by atoms with Crippen LogP contribution in [-0.4, -0.2) is 46.3 Å². The first-order chi connectivity index (χ1) is 18.6. The summed E-state index contributed by atoms with van der Waals surface area (Å²) in [6.45, 7) is 7.06. The molecule has 0 saturated carbocycles. The van der Waals surface area contributed by atoms with E-state index in [1.165, 1.54) is 0 Å². The standard InChI is InChI=1S/C30H33N3O5S/c1-30(2,3)38-29(35)33-14-12-24(18-33)37-23-10-8-22(9-11-23)36-19-20-6-5-7-21(16-20)31-28(34)26-17-27-25(32(26)4)13-15-39-27/h5-11,13,15-17,24H,12,14,18-19H2,1-4H3,(H,31,34). The van der Waals surface area contributed by atoms with Gasteiger partial charge in [-0.1, -0.05) is 12.1 Å². The number of hydrogen-bond acceptors (Lipinski definition) is 6. The van der Waals surface area contributed by atoms with Crippen LogP contribution in [0.2, 0.25) is 0 Å². The van der Waals surface area contributed by atoms with E-state index < -0.39 is 5.60 Å². The van der Waals surface area contributed by atoms with Crippen LogP contribution in [0.3, 0.4) is 0 Å². The molecule has 2 aromatic carbocycles. The fourth-order valence-corrected chi connectivity index (χ4v) is 5.34. The highest BCUT2D eigenvalue weighted by atomic mass is 32.1. The fourth-order valence-electron chi connectivity index (χ4n) is 4.49. The highest BCUT2D eigenvalue weighted by molar-refractivity contribution is 7.17. The summed E-state index contributed by atoms with van der Waals surface area (Å²) in [7, 11) is 1.90. The first-order valence-electron chi connectivity index (χ1n) is 13.0. The summed E-state index contributed by atoms with van der Waals surface area (Å²) in [6, 6.07) is 19.0. The summed E-state index contributed by atoms with van der Waals surface area (Å²) in [5, 5.41) is 5.01. The molecule has 4 aromatic rings. The number of ether oxygens (including phenoxy) is 3. The summed E-state index contributed by atoms with van der Waals surface area (Å²) in [5.41, 5.74) is 2.81. The molecule has 2 amide bonds. The maximum absolute atomic E-state index is 12.9. The van der Waals surface area contributed by atoms with Gasteiger partial charge in [-0.3, -0.25) is 4.79 Å². The number of benzene rings is 2. The van der Waals surface area contributed by atoms with E-state index in [1.54, 1.807) is 16.2 Å². The molecule has 9 heteroatoms. The van der Waals surface area contributed by atoms with Crippen molar-refractivity contribution in [3.8, 4) is 11.5 Å². The van der Waals surface area contributed by atoms with Crippen molar-refractivity contribution >= 4 is 39.2 Å². The molecule has 39 heavy (non-hydrogen) atoms. The van der Waals surface area contributed by atoms with Crippen LogP contribution in [0.1, 0.15) is 43.2 Å². The highest BCUT2D eigenvalue weighted by Gasteiger charge is 2.30. The van der Waals surface area contributed by atoms with E-state index in [0.29, 0.717) is 36.8 Å². The lowest BCUT2D eigenvalue weighted by Gasteiger charge is -2.24. The van der Waals surface area contributed by atoms with Gasteiger partial charge in [-0.25, -0.2) is 4.79 Å². The molecule has 204 valence electrons. The fraction of sp³-hybridized carbons (Fsp3) is 0.333. The molecule has 1 fully saturated rings. The van der Waals surface area contributed by atoms with E-state index in [-0.39, 0.29) is 18.1 Å². The van der Waals surface area contributed by atoms with Gasteiger partial charge in [0, 0.05) is 25.7 Å². The van der Waals surface area contributed by atoms with Crippen LogP contribution < -0.4 is 14.8 Å². The Hall–Kier alpha value is -3.98. The molecular weight excluding hydrogens is 514 g/mol. The molecule has 1 saturated heterocycles. The van der Waals surface area contributed by atoms with Crippen LogP contribution >= 0.6 is 11.3 Å². The smallest absolute Gasteiger partial charge is 0.410 e. The molecule has 0 radical (unpaired) electrons. The minimum Gasteiger partial charge on any atom is -0.489 e. The van der Waals surface area contributed by atoms with E-state index in [2.05, 4.69) is 5.32 Å². The van der Waals surface area contributed by atoms with Gasteiger partial charge >= 0.3 is 6.09 Å². The van der Waals surface area contributed by atoms with E-state index in [4.69, 9.17) is 14.2 Å². The largest absolute Gasteiger partial charge is 0.489 e. The lowest BCUT2D eigenvalue weighted by atomic mass is 10.2. The van der Waals surface area contributed by atoms with Gasteiger partial charge < -0.3 is 29.0 Å². The second-order valence-electron chi connectivity index (χ2n) is 10.6. The predicted molar refractivity (Wildman–Crippen MR) is 153 cm³/mol. The van der Waals surface area contributed by atoms with Crippen molar-refractivity contribution in [2.45, 2.75) is 45.5 Å². The molecule has 0 bridgehead atoms. The average Bonchev–Trinajstić information content (AvgIpc) is 3.61. The van der Waals surface area contributed by atoms with Gasteiger partial charge in [0.2, 0.25) is 0 Å². The zero-order valence-corrected chi connectivity index (χ0v) is 23.4. The van der Waals surface area contributed by atoms with Crippen molar-refractivity contribution in [2.24, 2.45) is 7.05 Å². The van der Waals surface area contributed by atoms with Crippen LogP contribution in [0.25, 0.3) is 10.2 Å². The van der Waals surface area contributed by atoms with Crippen LogP contribution in [0.15, 0.2) is 66.0 Å². The lowest BCUT2D eigenvalue weighted by Crippen LogP contribution is -2.36. The SMILES string of the molecule is Cn1c(C(=O)Nc2cccc(COc3ccc(OC4CCN(C(=O)OC(C)(C)C)C4)cc3)c2)cc2sccc21. The summed E-state index contributed by atoms with van der Waals surface area (Å²) in [5.74, 6) is 1.29.